The van der Waals surface area contributed by atoms with Gasteiger partial charge in [-0.3, -0.25) is 0 Å². The van der Waals surface area contributed by atoms with E-state index in [1.54, 1.807) is 0 Å². The molecule has 11 rings (SSSR count). The molecule has 0 N–H and O–H groups in total. The van der Waals surface area contributed by atoms with Crippen LogP contribution in [0.25, 0.3) is 76.8 Å². The minimum Gasteiger partial charge on any atom is -0.309 e. The Hall–Kier alpha value is -7.22. The van der Waals surface area contributed by atoms with E-state index < -0.39 is 0 Å². The lowest BCUT2D eigenvalue weighted by Gasteiger charge is -2.32. The first-order chi connectivity index (χ1) is 28.5. The lowest BCUT2D eigenvalue weighted by atomic mass is 9.82. The maximum Gasteiger partial charge on any atom is 0.0546 e. The molecule has 0 heterocycles. The molecule has 0 fully saturated rings. The van der Waals surface area contributed by atoms with Gasteiger partial charge < -0.3 is 4.90 Å². The molecule has 0 atom stereocenters. The second-order valence-corrected chi connectivity index (χ2v) is 16.1. The van der Waals surface area contributed by atoms with Crippen LogP contribution in [0.3, 0.4) is 0 Å². The van der Waals surface area contributed by atoms with Gasteiger partial charge in [-0.1, -0.05) is 190 Å². The second kappa shape index (κ2) is 13.5. The summed E-state index contributed by atoms with van der Waals surface area (Å²) in [6, 6.07) is 78.5. The van der Waals surface area contributed by atoms with Crippen molar-refractivity contribution in [3.63, 3.8) is 0 Å². The summed E-state index contributed by atoms with van der Waals surface area (Å²) < 4.78 is 0. The van der Waals surface area contributed by atoms with E-state index in [1.165, 1.54) is 88.0 Å². The Bertz CT molecular complexity index is 3200. The molecule has 1 nitrogen and oxygen atoms in total. The van der Waals surface area contributed by atoms with Crippen LogP contribution in [0.15, 0.2) is 212 Å². The van der Waals surface area contributed by atoms with Crippen molar-refractivity contribution >= 4 is 49.4 Å². The van der Waals surface area contributed by atoms with E-state index in [0.29, 0.717) is 0 Å². The second-order valence-electron chi connectivity index (χ2n) is 16.1. The Balaban J connectivity index is 1.25. The predicted molar refractivity (Wildman–Crippen MR) is 248 cm³/mol. The van der Waals surface area contributed by atoms with Gasteiger partial charge in [0.2, 0.25) is 0 Å². The van der Waals surface area contributed by atoms with Gasteiger partial charge in [0.1, 0.15) is 0 Å². The zero-order valence-electron chi connectivity index (χ0n) is 32.7. The van der Waals surface area contributed by atoms with E-state index >= 15 is 0 Å². The number of anilines is 3. The lowest BCUT2D eigenvalue weighted by molar-refractivity contribution is 0.660. The molecule has 0 amide bonds. The molecule has 0 bridgehead atoms. The number of hydrogen-bond donors (Lipinski definition) is 0. The monoisotopic (exact) mass is 739 g/mol. The first kappa shape index (κ1) is 34.1. The summed E-state index contributed by atoms with van der Waals surface area (Å²) >= 11 is 0. The van der Waals surface area contributed by atoms with Gasteiger partial charge in [0, 0.05) is 22.2 Å². The summed E-state index contributed by atoms with van der Waals surface area (Å²) in [6.45, 7) is 4.75. The number of nitrogens with zero attached hydrogens (tertiary/aromatic N) is 1. The predicted octanol–water partition coefficient (Wildman–Crippen LogP) is 15.9. The highest BCUT2D eigenvalue weighted by molar-refractivity contribution is 6.09. The van der Waals surface area contributed by atoms with Crippen LogP contribution in [0.2, 0.25) is 0 Å². The van der Waals surface area contributed by atoms with Crippen molar-refractivity contribution in [1.29, 1.82) is 0 Å². The molecule has 58 heavy (non-hydrogen) atoms. The van der Waals surface area contributed by atoms with Crippen LogP contribution in [0.1, 0.15) is 25.0 Å². The van der Waals surface area contributed by atoms with Crippen molar-refractivity contribution in [2.24, 2.45) is 0 Å². The van der Waals surface area contributed by atoms with E-state index in [9.17, 15) is 0 Å². The van der Waals surface area contributed by atoms with Crippen molar-refractivity contribution in [2.75, 3.05) is 4.90 Å². The van der Waals surface area contributed by atoms with Gasteiger partial charge in [-0.25, -0.2) is 0 Å². The molecule has 1 aliphatic rings. The molecule has 0 saturated heterocycles. The Morgan fingerprint density at radius 1 is 0.328 bits per heavy atom. The quantitative estimate of drug-likeness (QED) is 0.164. The number of rotatable bonds is 6. The van der Waals surface area contributed by atoms with Crippen molar-refractivity contribution in [1.82, 2.24) is 0 Å². The van der Waals surface area contributed by atoms with E-state index in [0.717, 1.165) is 17.1 Å². The third-order valence-electron chi connectivity index (χ3n) is 12.4. The maximum atomic E-state index is 2.54. The van der Waals surface area contributed by atoms with E-state index in [1.807, 2.05) is 0 Å². The first-order valence-electron chi connectivity index (χ1n) is 20.3. The Kier molecular flexibility index (Phi) is 7.91. The van der Waals surface area contributed by atoms with Gasteiger partial charge in [-0.05, 0) is 113 Å². The van der Waals surface area contributed by atoms with Gasteiger partial charge >= 0.3 is 0 Å². The van der Waals surface area contributed by atoms with E-state index in [-0.39, 0.29) is 5.41 Å². The van der Waals surface area contributed by atoms with E-state index in [4.69, 9.17) is 0 Å². The summed E-state index contributed by atoms with van der Waals surface area (Å²) in [5.41, 5.74) is 15.8. The Labute approximate surface area is 340 Å². The molecule has 0 spiro atoms. The summed E-state index contributed by atoms with van der Waals surface area (Å²) in [5.74, 6) is 0. The molecule has 10 aromatic rings. The third kappa shape index (κ3) is 5.46. The van der Waals surface area contributed by atoms with Crippen LogP contribution in [0.5, 0.6) is 0 Å². The number of benzene rings is 10. The zero-order chi connectivity index (χ0) is 38.8. The Morgan fingerprint density at radius 2 is 0.931 bits per heavy atom. The highest BCUT2D eigenvalue weighted by Gasteiger charge is 2.36. The lowest BCUT2D eigenvalue weighted by Crippen LogP contribution is -2.17. The molecule has 0 unspecified atom stereocenters. The van der Waals surface area contributed by atoms with Crippen molar-refractivity contribution in [2.45, 2.75) is 19.3 Å². The van der Waals surface area contributed by atoms with Gasteiger partial charge in [0.05, 0.1) is 11.4 Å². The van der Waals surface area contributed by atoms with Crippen LogP contribution in [-0.2, 0) is 5.41 Å². The van der Waals surface area contributed by atoms with Gasteiger partial charge in [0.15, 0.2) is 0 Å². The van der Waals surface area contributed by atoms with Crippen LogP contribution < -0.4 is 4.90 Å². The SMILES string of the molecule is CC1(C)c2ccccc2-c2ccc(N(c3ccc(-c4ccccc4)cc3-c3cccc4ccccc34)c3ccc4ccccc4c3-c3ccc4ccccc4c3)cc21. The standard InChI is InChI=1S/C57H41N/c1-57(2)52-26-13-12-24-49(52)50-32-31-45(37-53(50)57)58(55-34-29-41-19-9-11-23-47(41)56(55)44-28-27-39-17-6-7-20-42(39)35-44)54-33-30-43(38-15-4-3-5-16-38)36-51(54)48-25-14-21-40-18-8-10-22-46(40)48/h3-37H,1-2H3. The van der Waals surface area contributed by atoms with Gasteiger partial charge in [-0.15, -0.1) is 0 Å². The smallest absolute Gasteiger partial charge is 0.0546 e. The minimum atomic E-state index is -0.159. The normalized spacial score (nSPS) is 12.8. The van der Waals surface area contributed by atoms with Crippen molar-refractivity contribution in [3.8, 4) is 44.5 Å². The molecule has 0 aromatic heterocycles. The molecule has 274 valence electrons. The van der Waals surface area contributed by atoms with Crippen LogP contribution >= 0.6 is 0 Å². The molecule has 0 saturated carbocycles. The largest absolute Gasteiger partial charge is 0.309 e. The summed E-state index contributed by atoms with van der Waals surface area (Å²) in [6.07, 6.45) is 0. The molecule has 1 aliphatic carbocycles. The fourth-order valence-corrected chi connectivity index (χ4v) is 9.55. The molecule has 1 heteroatoms. The van der Waals surface area contributed by atoms with Crippen molar-refractivity contribution < 1.29 is 0 Å². The molecule has 10 aromatic carbocycles. The fraction of sp³-hybridized carbons (Fsp3) is 0.0526. The molecule has 0 radical (unpaired) electrons. The first-order valence-corrected chi connectivity index (χ1v) is 20.3. The third-order valence-corrected chi connectivity index (χ3v) is 12.4. The van der Waals surface area contributed by atoms with Gasteiger partial charge in [-0.2, -0.15) is 0 Å². The summed E-state index contributed by atoms with van der Waals surface area (Å²) in [7, 11) is 0. The average Bonchev–Trinajstić information content (AvgIpc) is 3.51. The Morgan fingerprint density at radius 3 is 1.78 bits per heavy atom. The summed E-state index contributed by atoms with van der Waals surface area (Å²) in [4.78, 5) is 2.54. The van der Waals surface area contributed by atoms with E-state index in [2.05, 4.69) is 231 Å². The number of hydrogen-bond acceptors (Lipinski definition) is 1. The highest BCUT2D eigenvalue weighted by atomic mass is 15.1. The molecular weight excluding hydrogens is 699 g/mol. The van der Waals surface area contributed by atoms with Crippen LogP contribution in [0, 0.1) is 0 Å². The van der Waals surface area contributed by atoms with Crippen molar-refractivity contribution in [3.05, 3.63) is 223 Å². The minimum absolute atomic E-state index is 0.159. The highest BCUT2D eigenvalue weighted by Crippen LogP contribution is 2.53. The molecular formula is C57H41N. The maximum absolute atomic E-state index is 2.54. The van der Waals surface area contributed by atoms with Gasteiger partial charge in [0.25, 0.3) is 0 Å². The molecule has 0 aliphatic heterocycles. The average molecular weight is 740 g/mol. The summed E-state index contributed by atoms with van der Waals surface area (Å²) in [5, 5.41) is 7.36. The topological polar surface area (TPSA) is 3.24 Å². The fourth-order valence-electron chi connectivity index (χ4n) is 9.55. The van der Waals surface area contributed by atoms with Crippen LogP contribution in [-0.4, -0.2) is 0 Å². The zero-order valence-corrected chi connectivity index (χ0v) is 32.7. The van der Waals surface area contributed by atoms with Crippen LogP contribution in [0.4, 0.5) is 17.1 Å². The number of fused-ring (bicyclic) bond motifs is 6.